The lowest BCUT2D eigenvalue weighted by atomic mass is 10.1. The molecule has 1 atom stereocenters. The van der Waals surface area contributed by atoms with Crippen LogP contribution in [0.25, 0.3) is 0 Å². The topological polar surface area (TPSA) is 77.0 Å². The van der Waals surface area contributed by atoms with Crippen molar-refractivity contribution >= 4 is 56.1 Å². The van der Waals surface area contributed by atoms with Crippen molar-refractivity contribution in [2.45, 2.75) is 71.9 Å². The van der Waals surface area contributed by atoms with E-state index in [0.29, 0.717) is 22.9 Å². The fourth-order valence-electron chi connectivity index (χ4n) is 2.80. The van der Waals surface area contributed by atoms with E-state index >= 15 is 0 Å². The Morgan fingerprint density at radius 2 is 1.82 bits per heavy atom. The number of carbonyl (C=O) groups excluding carboxylic acids is 1. The summed E-state index contributed by atoms with van der Waals surface area (Å²) in [6, 6.07) is 8.28. The zero-order valence-corrected chi connectivity index (χ0v) is 24.8. The van der Waals surface area contributed by atoms with Gasteiger partial charge in [0.2, 0.25) is 0 Å². The number of esters is 1. The molecule has 2 aromatic rings. The van der Waals surface area contributed by atoms with Gasteiger partial charge >= 0.3 is 5.97 Å². The number of hydrogen-bond acceptors (Lipinski definition) is 6. The van der Waals surface area contributed by atoms with Gasteiger partial charge in [0, 0.05) is 31.8 Å². The van der Waals surface area contributed by atoms with E-state index in [4.69, 9.17) is 25.8 Å². The van der Waals surface area contributed by atoms with Crippen LogP contribution in [0.5, 0.6) is 11.5 Å². The fraction of sp³-hybridized carbons (Fsp3) is 0.480. The average Bonchev–Trinajstić information content (AvgIpc) is 2.69. The maximum absolute atomic E-state index is 12.7. The van der Waals surface area contributed by atoms with Gasteiger partial charge in [-0.3, -0.25) is 10.1 Å². The van der Waals surface area contributed by atoms with Gasteiger partial charge in [0.25, 0.3) is 0 Å². The molecule has 0 heterocycles. The molecular weight excluding hydrogens is 637 g/mol. The Morgan fingerprint density at radius 3 is 2.44 bits per heavy atom. The summed E-state index contributed by atoms with van der Waals surface area (Å²) in [5.74, 6) is -0.0490. The predicted molar refractivity (Wildman–Crippen MR) is 146 cm³/mol. The van der Waals surface area contributed by atoms with Gasteiger partial charge in [-0.25, -0.2) is 0 Å². The second-order valence-electron chi connectivity index (χ2n) is 9.80. The minimum absolute atomic E-state index is 0.00767. The maximum atomic E-state index is 12.7. The molecule has 0 aliphatic rings. The number of aromatic hydroxyl groups is 1. The summed E-state index contributed by atoms with van der Waals surface area (Å²) in [6.45, 7) is 11.8. The van der Waals surface area contributed by atoms with Gasteiger partial charge in [-0.2, -0.15) is 0 Å². The van der Waals surface area contributed by atoms with Gasteiger partial charge in [0.1, 0.15) is 29.7 Å². The zero-order valence-electron chi connectivity index (χ0n) is 20.3. The highest BCUT2D eigenvalue weighted by atomic mass is 127. The van der Waals surface area contributed by atoms with Gasteiger partial charge in [0.05, 0.1) is 17.2 Å². The standard InChI is InChI=1S/C25H32BrClINO5/c1-24(2,3)33-14-19(23(31)34-25(4,5)6)29-12-16-10-17(27)21(11-20(16)30)32-13-15-8-7-9-18(28)22(15)26/h7-11,19,29-30H,12-14H2,1-6H3/t19-/m0/s1. The maximum Gasteiger partial charge on any atom is 0.326 e. The highest BCUT2D eigenvalue weighted by Gasteiger charge is 2.27. The highest BCUT2D eigenvalue weighted by Crippen LogP contribution is 2.33. The van der Waals surface area contributed by atoms with Gasteiger partial charge < -0.3 is 19.3 Å². The molecule has 0 aliphatic heterocycles. The van der Waals surface area contributed by atoms with E-state index in [-0.39, 0.29) is 18.9 Å². The zero-order chi connectivity index (χ0) is 25.7. The Balaban J connectivity index is 2.10. The van der Waals surface area contributed by atoms with Gasteiger partial charge in [-0.1, -0.05) is 23.7 Å². The molecule has 0 spiro atoms. The second-order valence-corrected chi connectivity index (χ2v) is 12.2. The molecule has 2 rings (SSSR count). The summed E-state index contributed by atoms with van der Waals surface area (Å²) in [5.41, 5.74) is 0.442. The summed E-state index contributed by atoms with van der Waals surface area (Å²) in [7, 11) is 0. The van der Waals surface area contributed by atoms with Crippen LogP contribution in [0.15, 0.2) is 34.8 Å². The Kier molecular flexibility index (Phi) is 10.5. The molecule has 188 valence electrons. The third-order valence-electron chi connectivity index (χ3n) is 4.46. The van der Waals surface area contributed by atoms with Crippen molar-refractivity contribution < 1.29 is 24.1 Å². The summed E-state index contributed by atoms with van der Waals surface area (Å²) in [6.07, 6.45) is 0. The van der Waals surface area contributed by atoms with Crippen molar-refractivity contribution in [1.82, 2.24) is 5.32 Å². The number of hydrogen-bond donors (Lipinski definition) is 2. The minimum atomic E-state index is -0.717. The van der Waals surface area contributed by atoms with Crippen LogP contribution in [0.3, 0.4) is 0 Å². The van der Waals surface area contributed by atoms with Gasteiger partial charge in [-0.05, 0) is 92.2 Å². The van der Waals surface area contributed by atoms with Crippen molar-refractivity contribution in [3.05, 3.63) is 54.5 Å². The van der Waals surface area contributed by atoms with E-state index in [2.05, 4.69) is 43.8 Å². The van der Waals surface area contributed by atoms with Crippen LogP contribution < -0.4 is 10.1 Å². The summed E-state index contributed by atoms with van der Waals surface area (Å²) in [4.78, 5) is 12.7. The predicted octanol–water partition coefficient (Wildman–Crippen LogP) is 6.61. The number of rotatable bonds is 9. The number of nitrogens with one attached hydrogen (secondary N) is 1. The second kappa shape index (κ2) is 12.3. The molecule has 0 radical (unpaired) electrons. The van der Waals surface area contributed by atoms with Crippen LogP contribution in [-0.2, 0) is 27.4 Å². The summed E-state index contributed by atoms with van der Waals surface area (Å²) >= 11 is 12.2. The van der Waals surface area contributed by atoms with E-state index in [0.717, 1.165) is 13.6 Å². The third-order valence-corrected chi connectivity index (χ3v) is 7.33. The molecule has 0 amide bonds. The molecule has 0 saturated heterocycles. The Bertz CT molecular complexity index is 1000. The number of halogens is 3. The van der Waals surface area contributed by atoms with Crippen molar-refractivity contribution in [3.8, 4) is 11.5 Å². The van der Waals surface area contributed by atoms with Crippen LogP contribution in [0.4, 0.5) is 0 Å². The SMILES string of the molecule is CC(C)(C)OC[C@H](NCc1cc(Cl)c(OCc2cccc(I)c2Br)cc1O)C(=O)OC(C)(C)C. The molecule has 2 N–H and O–H groups in total. The number of phenolic OH excluding ortho intramolecular Hbond substituents is 1. The molecule has 34 heavy (non-hydrogen) atoms. The fourth-order valence-corrected chi connectivity index (χ4v) is 3.97. The lowest BCUT2D eigenvalue weighted by Gasteiger charge is -2.27. The first kappa shape index (κ1) is 29.2. The lowest BCUT2D eigenvalue weighted by Crippen LogP contribution is -2.45. The van der Waals surface area contributed by atoms with E-state index in [9.17, 15) is 9.90 Å². The Morgan fingerprint density at radius 1 is 1.15 bits per heavy atom. The van der Waals surface area contributed by atoms with Crippen LogP contribution in [0.1, 0.15) is 52.7 Å². The van der Waals surface area contributed by atoms with E-state index in [1.165, 1.54) is 6.07 Å². The van der Waals surface area contributed by atoms with E-state index < -0.39 is 23.2 Å². The van der Waals surface area contributed by atoms with Crippen molar-refractivity contribution in [3.63, 3.8) is 0 Å². The van der Waals surface area contributed by atoms with Crippen LogP contribution in [0, 0.1) is 3.57 Å². The summed E-state index contributed by atoms with van der Waals surface area (Å²) in [5, 5.41) is 14.1. The first-order valence-corrected chi connectivity index (χ1v) is 13.1. The molecule has 0 bridgehead atoms. The Labute approximate surface area is 229 Å². The molecule has 0 fully saturated rings. The lowest BCUT2D eigenvalue weighted by molar-refractivity contribution is -0.160. The molecular formula is C25H32BrClINO5. The summed E-state index contributed by atoms with van der Waals surface area (Å²) < 4.78 is 19.2. The van der Waals surface area contributed by atoms with E-state index in [1.54, 1.807) is 6.07 Å². The molecule has 9 heteroatoms. The normalized spacial score (nSPS) is 13.0. The molecule has 0 aliphatic carbocycles. The smallest absolute Gasteiger partial charge is 0.326 e. The monoisotopic (exact) mass is 667 g/mol. The first-order valence-electron chi connectivity index (χ1n) is 10.8. The number of carbonyl (C=O) groups is 1. The van der Waals surface area contributed by atoms with Gasteiger partial charge in [0.15, 0.2) is 0 Å². The molecule has 0 aromatic heterocycles. The van der Waals surface area contributed by atoms with E-state index in [1.807, 2.05) is 59.7 Å². The third kappa shape index (κ3) is 9.53. The first-order chi connectivity index (χ1) is 15.7. The highest BCUT2D eigenvalue weighted by molar-refractivity contribution is 14.1. The number of benzene rings is 2. The Hall–Kier alpha value is -1.07. The van der Waals surface area contributed by atoms with Crippen LogP contribution in [-0.4, -0.2) is 34.9 Å². The van der Waals surface area contributed by atoms with Crippen molar-refractivity contribution in [2.24, 2.45) is 0 Å². The largest absolute Gasteiger partial charge is 0.507 e. The van der Waals surface area contributed by atoms with Crippen LogP contribution >= 0.6 is 50.1 Å². The van der Waals surface area contributed by atoms with Gasteiger partial charge in [-0.15, -0.1) is 0 Å². The van der Waals surface area contributed by atoms with Crippen LogP contribution in [0.2, 0.25) is 5.02 Å². The molecule has 0 saturated carbocycles. The molecule has 6 nitrogen and oxygen atoms in total. The number of ether oxygens (including phenoxy) is 3. The van der Waals surface area contributed by atoms with Crippen molar-refractivity contribution in [1.29, 1.82) is 0 Å². The number of phenols is 1. The quantitative estimate of drug-likeness (QED) is 0.232. The average molecular weight is 669 g/mol. The molecule has 0 unspecified atom stereocenters. The molecule has 2 aromatic carbocycles. The minimum Gasteiger partial charge on any atom is -0.507 e. The van der Waals surface area contributed by atoms with Crippen molar-refractivity contribution in [2.75, 3.05) is 6.61 Å².